The van der Waals surface area contributed by atoms with Crippen LogP contribution in [0.4, 0.5) is 4.39 Å². The predicted octanol–water partition coefficient (Wildman–Crippen LogP) is 3.35. The number of aryl methyl sites for hydroxylation is 1. The number of rotatable bonds is 5. The molecule has 1 atom stereocenters. The smallest absolute Gasteiger partial charge is 0.287 e. The molecule has 0 saturated heterocycles. The number of benzene rings is 2. The fraction of sp³-hybridized carbons (Fsp3) is 0.211. The molecule has 25 heavy (non-hydrogen) atoms. The number of amides is 1. The second-order valence-corrected chi connectivity index (χ2v) is 5.67. The standard InChI is InChI=1S/C19H18FNO4/c1-11-14-9-12(24-2)7-8-17(14)25-18(11)19(23)21-10-16(22)13-5-3-4-6-15(13)20/h3-9,16,22H,10H2,1-2H3,(H,21,23). The van der Waals surface area contributed by atoms with Crippen molar-refractivity contribution in [1.82, 2.24) is 5.32 Å². The quantitative estimate of drug-likeness (QED) is 0.745. The fourth-order valence-electron chi connectivity index (χ4n) is 2.67. The molecule has 5 nitrogen and oxygen atoms in total. The Bertz CT molecular complexity index is 919. The summed E-state index contributed by atoms with van der Waals surface area (Å²) in [6, 6.07) is 11.2. The molecule has 130 valence electrons. The molecule has 0 fully saturated rings. The number of carbonyl (C=O) groups is 1. The summed E-state index contributed by atoms with van der Waals surface area (Å²) in [6.07, 6.45) is -1.14. The lowest BCUT2D eigenvalue weighted by molar-refractivity contribution is 0.0888. The van der Waals surface area contributed by atoms with Gasteiger partial charge >= 0.3 is 0 Å². The van der Waals surface area contributed by atoms with E-state index in [0.717, 1.165) is 5.39 Å². The molecule has 0 aliphatic heterocycles. The van der Waals surface area contributed by atoms with Crippen molar-refractivity contribution in [3.05, 3.63) is 65.2 Å². The van der Waals surface area contributed by atoms with Gasteiger partial charge in [-0.05, 0) is 31.2 Å². The van der Waals surface area contributed by atoms with Gasteiger partial charge in [0.25, 0.3) is 5.91 Å². The summed E-state index contributed by atoms with van der Waals surface area (Å²) in [6.45, 7) is 1.65. The third-order valence-electron chi connectivity index (χ3n) is 4.07. The summed E-state index contributed by atoms with van der Waals surface area (Å²) in [5, 5.41) is 13.4. The molecule has 0 aliphatic rings. The van der Waals surface area contributed by atoms with Gasteiger partial charge in [0.15, 0.2) is 5.76 Å². The second-order valence-electron chi connectivity index (χ2n) is 5.67. The van der Waals surface area contributed by atoms with Gasteiger partial charge in [-0.15, -0.1) is 0 Å². The Morgan fingerprint density at radius 2 is 2.08 bits per heavy atom. The number of aliphatic hydroxyl groups is 1. The molecule has 3 aromatic rings. The van der Waals surface area contributed by atoms with Crippen molar-refractivity contribution >= 4 is 16.9 Å². The number of hydrogen-bond acceptors (Lipinski definition) is 4. The van der Waals surface area contributed by atoms with Crippen molar-refractivity contribution in [3.63, 3.8) is 0 Å². The highest BCUT2D eigenvalue weighted by Gasteiger charge is 2.20. The molecule has 1 unspecified atom stereocenters. The first-order valence-electron chi connectivity index (χ1n) is 7.79. The van der Waals surface area contributed by atoms with Crippen molar-refractivity contribution < 1.29 is 23.4 Å². The maximum atomic E-state index is 13.7. The molecule has 0 aliphatic carbocycles. The van der Waals surface area contributed by atoms with Crippen molar-refractivity contribution in [1.29, 1.82) is 0 Å². The number of fused-ring (bicyclic) bond motifs is 1. The Morgan fingerprint density at radius 3 is 2.80 bits per heavy atom. The summed E-state index contributed by atoms with van der Waals surface area (Å²) in [4.78, 5) is 12.4. The molecule has 6 heteroatoms. The summed E-state index contributed by atoms with van der Waals surface area (Å²) >= 11 is 0. The Balaban J connectivity index is 1.76. The Kier molecular flexibility index (Phi) is 4.72. The SMILES string of the molecule is COc1ccc2oc(C(=O)NCC(O)c3ccccc3F)c(C)c2c1. The topological polar surface area (TPSA) is 71.7 Å². The minimum Gasteiger partial charge on any atom is -0.497 e. The van der Waals surface area contributed by atoms with Gasteiger partial charge in [0.2, 0.25) is 0 Å². The molecule has 1 aromatic heterocycles. The van der Waals surface area contributed by atoms with Crippen LogP contribution in [0.25, 0.3) is 11.0 Å². The van der Waals surface area contributed by atoms with E-state index < -0.39 is 17.8 Å². The third-order valence-corrected chi connectivity index (χ3v) is 4.07. The molecule has 1 amide bonds. The predicted molar refractivity (Wildman–Crippen MR) is 91.2 cm³/mol. The number of furan rings is 1. The van der Waals surface area contributed by atoms with E-state index in [4.69, 9.17) is 9.15 Å². The van der Waals surface area contributed by atoms with E-state index in [1.807, 2.05) is 0 Å². The van der Waals surface area contributed by atoms with Crippen molar-refractivity contribution in [2.75, 3.05) is 13.7 Å². The van der Waals surface area contributed by atoms with Crippen LogP contribution in [0.2, 0.25) is 0 Å². The highest BCUT2D eigenvalue weighted by molar-refractivity contribution is 5.99. The first kappa shape index (κ1) is 17.0. The van der Waals surface area contributed by atoms with Gasteiger partial charge < -0.3 is 19.6 Å². The lowest BCUT2D eigenvalue weighted by atomic mass is 10.1. The summed E-state index contributed by atoms with van der Waals surface area (Å²) in [5.74, 6) is -0.165. The van der Waals surface area contributed by atoms with Crippen LogP contribution in [0.3, 0.4) is 0 Å². The van der Waals surface area contributed by atoms with Crippen LogP contribution in [0.15, 0.2) is 46.9 Å². The molecule has 0 bridgehead atoms. The zero-order valence-electron chi connectivity index (χ0n) is 13.9. The van der Waals surface area contributed by atoms with E-state index in [1.54, 1.807) is 38.3 Å². The van der Waals surface area contributed by atoms with Crippen LogP contribution in [0, 0.1) is 12.7 Å². The minimum absolute atomic E-state index is 0.125. The number of nitrogens with one attached hydrogen (secondary N) is 1. The van der Waals surface area contributed by atoms with Crippen LogP contribution in [-0.4, -0.2) is 24.7 Å². The van der Waals surface area contributed by atoms with Gasteiger partial charge in [-0.1, -0.05) is 18.2 Å². The normalized spacial score (nSPS) is 12.2. The highest BCUT2D eigenvalue weighted by Crippen LogP contribution is 2.28. The van der Waals surface area contributed by atoms with E-state index in [9.17, 15) is 14.3 Å². The first-order chi connectivity index (χ1) is 12.0. The monoisotopic (exact) mass is 343 g/mol. The van der Waals surface area contributed by atoms with Gasteiger partial charge in [0, 0.05) is 23.1 Å². The minimum atomic E-state index is -1.14. The average molecular weight is 343 g/mol. The second kappa shape index (κ2) is 6.94. The first-order valence-corrected chi connectivity index (χ1v) is 7.79. The Hall–Kier alpha value is -2.86. The summed E-state index contributed by atoms with van der Waals surface area (Å²) in [7, 11) is 1.56. The number of halogens is 1. The number of methoxy groups -OCH3 is 1. The summed E-state index contributed by atoms with van der Waals surface area (Å²) < 4.78 is 24.4. The van der Waals surface area contributed by atoms with Gasteiger partial charge in [0.05, 0.1) is 13.2 Å². The molecule has 3 rings (SSSR count). The molecule has 0 radical (unpaired) electrons. The van der Waals surface area contributed by atoms with E-state index in [0.29, 0.717) is 16.9 Å². The molecule has 2 N–H and O–H groups in total. The number of aliphatic hydroxyl groups excluding tert-OH is 1. The van der Waals surface area contributed by atoms with Crippen LogP contribution in [0.5, 0.6) is 5.75 Å². The highest BCUT2D eigenvalue weighted by atomic mass is 19.1. The molecular formula is C19H18FNO4. The number of carbonyl (C=O) groups excluding carboxylic acids is 1. The zero-order valence-corrected chi connectivity index (χ0v) is 13.9. The molecule has 0 saturated carbocycles. The van der Waals surface area contributed by atoms with Gasteiger partial charge in [0.1, 0.15) is 17.1 Å². The van der Waals surface area contributed by atoms with E-state index in [-0.39, 0.29) is 17.9 Å². The van der Waals surface area contributed by atoms with Crippen LogP contribution in [-0.2, 0) is 0 Å². The fourth-order valence-corrected chi connectivity index (χ4v) is 2.67. The van der Waals surface area contributed by atoms with Crippen LogP contribution in [0.1, 0.15) is 27.8 Å². The Morgan fingerprint density at radius 1 is 1.32 bits per heavy atom. The summed E-state index contributed by atoms with van der Waals surface area (Å²) in [5.41, 5.74) is 1.37. The van der Waals surface area contributed by atoms with Gasteiger partial charge in [-0.25, -0.2) is 4.39 Å². The van der Waals surface area contributed by atoms with Crippen LogP contribution >= 0.6 is 0 Å². The lowest BCUT2D eigenvalue weighted by Crippen LogP contribution is -2.28. The molecule has 0 spiro atoms. The van der Waals surface area contributed by atoms with Crippen molar-refractivity contribution in [3.8, 4) is 5.75 Å². The molecule has 1 heterocycles. The largest absolute Gasteiger partial charge is 0.497 e. The number of ether oxygens (including phenoxy) is 1. The van der Waals surface area contributed by atoms with Crippen molar-refractivity contribution in [2.45, 2.75) is 13.0 Å². The van der Waals surface area contributed by atoms with E-state index in [1.165, 1.54) is 18.2 Å². The van der Waals surface area contributed by atoms with Crippen LogP contribution < -0.4 is 10.1 Å². The third kappa shape index (κ3) is 3.34. The van der Waals surface area contributed by atoms with E-state index >= 15 is 0 Å². The maximum Gasteiger partial charge on any atom is 0.287 e. The molecular weight excluding hydrogens is 325 g/mol. The molecule has 2 aromatic carbocycles. The number of hydrogen-bond donors (Lipinski definition) is 2. The maximum absolute atomic E-state index is 13.7. The van der Waals surface area contributed by atoms with Crippen molar-refractivity contribution in [2.24, 2.45) is 0 Å². The average Bonchev–Trinajstić information content (AvgIpc) is 2.96. The van der Waals surface area contributed by atoms with Gasteiger partial charge in [-0.2, -0.15) is 0 Å². The zero-order chi connectivity index (χ0) is 18.0. The Labute approximate surface area is 144 Å². The van der Waals surface area contributed by atoms with E-state index in [2.05, 4.69) is 5.32 Å². The van der Waals surface area contributed by atoms with Gasteiger partial charge in [-0.3, -0.25) is 4.79 Å². The lowest BCUT2D eigenvalue weighted by Gasteiger charge is -2.12.